The highest BCUT2D eigenvalue weighted by Gasteiger charge is 2.17. The van der Waals surface area contributed by atoms with Crippen molar-refractivity contribution in [3.63, 3.8) is 0 Å². The molecule has 0 saturated heterocycles. The Labute approximate surface area is 120 Å². The number of Topliss-reactive ketones (excluding diaryl/α,β-unsaturated/α-hetero) is 1. The first-order valence-electron chi connectivity index (χ1n) is 7.10. The summed E-state index contributed by atoms with van der Waals surface area (Å²) in [6, 6.07) is 18.1. The largest absolute Gasteiger partial charge is 0.319 e. The van der Waals surface area contributed by atoms with Gasteiger partial charge in [-0.15, -0.1) is 0 Å². The summed E-state index contributed by atoms with van der Waals surface area (Å²) in [5.74, 6) is 0.282. The van der Waals surface area contributed by atoms with E-state index in [9.17, 15) is 4.79 Å². The van der Waals surface area contributed by atoms with Crippen molar-refractivity contribution in [3.8, 4) is 11.1 Å². The average Bonchev–Trinajstić information content (AvgIpc) is 2.53. The van der Waals surface area contributed by atoms with Crippen LogP contribution in [-0.2, 0) is 0 Å². The van der Waals surface area contributed by atoms with Crippen molar-refractivity contribution in [3.05, 3.63) is 60.2 Å². The van der Waals surface area contributed by atoms with Crippen LogP contribution in [0.1, 0.15) is 23.7 Å². The van der Waals surface area contributed by atoms with Crippen molar-refractivity contribution in [2.24, 2.45) is 5.92 Å². The molecule has 0 fully saturated rings. The standard InChI is InChI=1S/C18H21NO/c1-3-14(13-19-2)18(20)17-11-9-16(10-12-17)15-7-5-4-6-8-15/h4-12,14,19H,3,13H2,1-2H3. The first kappa shape index (κ1) is 14.5. The van der Waals surface area contributed by atoms with Crippen LogP contribution in [0.5, 0.6) is 0 Å². The van der Waals surface area contributed by atoms with Gasteiger partial charge in [0.2, 0.25) is 0 Å². The number of rotatable bonds is 6. The Balaban J connectivity index is 2.18. The number of hydrogen-bond acceptors (Lipinski definition) is 2. The Kier molecular flexibility index (Phi) is 5.08. The summed E-state index contributed by atoms with van der Waals surface area (Å²) >= 11 is 0. The van der Waals surface area contributed by atoms with E-state index in [1.54, 1.807) is 0 Å². The third-order valence-corrected chi connectivity index (χ3v) is 3.59. The van der Waals surface area contributed by atoms with Gasteiger partial charge in [0.25, 0.3) is 0 Å². The minimum absolute atomic E-state index is 0.0579. The Morgan fingerprint density at radius 1 is 1.00 bits per heavy atom. The van der Waals surface area contributed by atoms with Gasteiger partial charge in [0.1, 0.15) is 0 Å². The molecule has 2 aromatic carbocycles. The van der Waals surface area contributed by atoms with Crippen molar-refractivity contribution >= 4 is 5.78 Å². The lowest BCUT2D eigenvalue weighted by molar-refractivity contribution is 0.0916. The molecule has 0 aromatic heterocycles. The molecule has 0 radical (unpaired) electrons. The maximum Gasteiger partial charge on any atom is 0.167 e. The van der Waals surface area contributed by atoms with E-state index in [4.69, 9.17) is 0 Å². The molecular weight excluding hydrogens is 246 g/mol. The van der Waals surface area contributed by atoms with Crippen molar-refractivity contribution < 1.29 is 4.79 Å². The fourth-order valence-corrected chi connectivity index (χ4v) is 2.36. The molecule has 1 N–H and O–H groups in total. The van der Waals surface area contributed by atoms with Crippen molar-refractivity contribution in [2.75, 3.05) is 13.6 Å². The molecule has 1 atom stereocenters. The van der Waals surface area contributed by atoms with Crippen LogP contribution in [0.3, 0.4) is 0 Å². The van der Waals surface area contributed by atoms with Gasteiger partial charge in [-0.3, -0.25) is 4.79 Å². The summed E-state index contributed by atoms with van der Waals surface area (Å²) in [5, 5.41) is 3.09. The summed E-state index contributed by atoms with van der Waals surface area (Å²) < 4.78 is 0. The molecule has 1 unspecified atom stereocenters. The number of hydrogen-bond donors (Lipinski definition) is 1. The first-order valence-corrected chi connectivity index (χ1v) is 7.10. The minimum atomic E-state index is 0.0579. The van der Waals surface area contributed by atoms with E-state index in [1.165, 1.54) is 5.56 Å². The van der Waals surface area contributed by atoms with E-state index in [2.05, 4.69) is 24.4 Å². The summed E-state index contributed by atoms with van der Waals surface area (Å²) in [6.45, 7) is 2.79. The summed E-state index contributed by atoms with van der Waals surface area (Å²) in [5.41, 5.74) is 3.12. The van der Waals surface area contributed by atoms with Crippen molar-refractivity contribution in [1.29, 1.82) is 0 Å². The van der Waals surface area contributed by atoms with Gasteiger partial charge >= 0.3 is 0 Å². The van der Waals surface area contributed by atoms with Gasteiger partial charge in [0.15, 0.2) is 5.78 Å². The lowest BCUT2D eigenvalue weighted by atomic mass is 9.94. The highest BCUT2D eigenvalue weighted by molar-refractivity contribution is 5.98. The average molecular weight is 267 g/mol. The Morgan fingerprint density at radius 2 is 1.60 bits per heavy atom. The number of ketones is 1. The van der Waals surface area contributed by atoms with Gasteiger partial charge in [-0.1, -0.05) is 61.5 Å². The Hall–Kier alpha value is -1.93. The maximum atomic E-state index is 12.4. The molecule has 0 bridgehead atoms. The Bertz CT molecular complexity index is 545. The predicted octanol–water partition coefficient (Wildman–Crippen LogP) is 3.78. The highest BCUT2D eigenvalue weighted by atomic mass is 16.1. The number of carbonyl (C=O) groups is 1. The zero-order chi connectivity index (χ0) is 14.4. The predicted molar refractivity (Wildman–Crippen MR) is 83.9 cm³/mol. The molecule has 0 aliphatic carbocycles. The Morgan fingerprint density at radius 3 is 2.15 bits per heavy atom. The van der Waals surface area contributed by atoms with Gasteiger partial charge in [-0.25, -0.2) is 0 Å². The zero-order valence-corrected chi connectivity index (χ0v) is 12.1. The maximum absolute atomic E-state index is 12.4. The quantitative estimate of drug-likeness (QED) is 0.807. The van der Waals surface area contributed by atoms with Gasteiger partial charge in [-0.2, -0.15) is 0 Å². The van der Waals surface area contributed by atoms with E-state index in [-0.39, 0.29) is 11.7 Å². The molecule has 20 heavy (non-hydrogen) atoms. The lowest BCUT2D eigenvalue weighted by Crippen LogP contribution is -2.25. The second kappa shape index (κ2) is 7.01. The normalized spacial score (nSPS) is 12.1. The second-order valence-corrected chi connectivity index (χ2v) is 4.97. The molecule has 104 valence electrons. The number of nitrogens with one attached hydrogen (secondary N) is 1. The van der Waals surface area contributed by atoms with Gasteiger partial charge in [0.05, 0.1) is 0 Å². The topological polar surface area (TPSA) is 29.1 Å². The molecule has 0 aliphatic rings. The van der Waals surface area contributed by atoms with Crippen LogP contribution >= 0.6 is 0 Å². The molecule has 0 saturated carbocycles. The summed E-state index contributed by atoms with van der Waals surface area (Å²) in [7, 11) is 1.88. The molecule has 0 amide bonds. The van der Waals surface area contributed by atoms with Gasteiger partial charge < -0.3 is 5.32 Å². The molecular formula is C18H21NO. The van der Waals surface area contributed by atoms with Crippen molar-refractivity contribution in [1.82, 2.24) is 5.32 Å². The zero-order valence-electron chi connectivity index (χ0n) is 12.1. The SMILES string of the molecule is CCC(CNC)C(=O)c1ccc(-c2ccccc2)cc1. The molecule has 0 heterocycles. The van der Waals surface area contributed by atoms with Crippen LogP contribution < -0.4 is 5.32 Å². The second-order valence-electron chi connectivity index (χ2n) is 4.97. The van der Waals surface area contributed by atoms with Crippen LogP contribution in [0.4, 0.5) is 0 Å². The fourth-order valence-electron chi connectivity index (χ4n) is 2.36. The van der Waals surface area contributed by atoms with Crippen LogP contribution in [0.15, 0.2) is 54.6 Å². The van der Waals surface area contributed by atoms with Crippen LogP contribution in [0.2, 0.25) is 0 Å². The van der Waals surface area contributed by atoms with Crippen LogP contribution in [-0.4, -0.2) is 19.4 Å². The number of benzene rings is 2. The van der Waals surface area contributed by atoms with Crippen LogP contribution in [0.25, 0.3) is 11.1 Å². The van der Waals surface area contributed by atoms with E-state index in [1.807, 2.05) is 49.5 Å². The summed E-state index contributed by atoms with van der Waals surface area (Å²) in [6.07, 6.45) is 0.861. The van der Waals surface area contributed by atoms with Gasteiger partial charge in [0, 0.05) is 18.0 Å². The summed E-state index contributed by atoms with van der Waals surface area (Å²) in [4.78, 5) is 12.4. The molecule has 2 heteroatoms. The smallest absolute Gasteiger partial charge is 0.167 e. The third-order valence-electron chi connectivity index (χ3n) is 3.59. The van der Waals surface area contributed by atoms with Crippen LogP contribution in [0, 0.1) is 5.92 Å². The molecule has 0 spiro atoms. The fraction of sp³-hybridized carbons (Fsp3) is 0.278. The molecule has 2 nitrogen and oxygen atoms in total. The number of carbonyl (C=O) groups excluding carboxylic acids is 1. The van der Waals surface area contributed by atoms with E-state index in [0.29, 0.717) is 0 Å². The first-order chi connectivity index (χ1) is 9.76. The van der Waals surface area contributed by atoms with E-state index >= 15 is 0 Å². The molecule has 2 aromatic rings. The van der Waals surface area contributed by atoms with Gasteiger partial charge in [-0.05, 0) is 24.6 Å². The monoisotopic (exact) mass is 267 g/mol. The molecule has 0 aliphatic heterocycles. The highest BCUT2D eigenvalue weighted by Crippen LogP contribution is 2.20. The minimum Gasteiger partial charge on any atom is -0.319 e. The lowest BCUT2D eigenvalue weighted by Gasteiger charge is -2.13. The third kappa shape index (κ3) is 3.34. The van der Waals surface area contributed by atoms with Crippen molar-refractivity contribution in [2.45, 2.75) is 13.3 Å². The van der Waals surface area contributed by atoms with E-state index < -0.39 is 0 Å². The van der Waals surface area contributed by atoms with E-state index in [0.717, 1.165) is 24.1 Å². The molecule has 2 rings (SSSR count).